The lowest BCUT2D eigenvalue weighted by Crippen LogP contribution is -2.06. The third-order valence-electron chi connectivity index (χ3n) is 3.32. The van der Waals surface area contributed by atoms with Crippen molar-refractivity contribution in [2.75, 3.05) is 6.26 Å². The van der Waals surface area contributed by atoms with Gasteiger partial charge in [-0.3, -0.25) is 4.79 Å². The number of benzene rings is 2. The molecule has 0 atom stereocenters. The highest BCUT2D eigenvalue weighted by Crippen LogP contribution is 2.30. The third kappa shape index (κ3) is 2.46. The van der Waals surface area contributed by atoms with Gasteiger partial charge in [-0.05, 0) is 35.4 Å². The van der Waals surface area contributed by atoms with E-state index in [-0.39, 0.29) is 27.1 Å². The van der Waals surface area contributed by atoms with Gasteiger partial charge in [0, 0.05) is 6.26 Å². The van der Waals surface area contributed by atoms with E-state index in [0.29, 0.717) is 11.1 Å². The summed E-state index contributed by atoms with van der Waals surface area (Å²) in [5, 5.41) is 10.3. The highest BCUT2D eigenvalue weighted by Gasteiger charge is 2.11. The minimum atomic E-state index is -3.34. The van der Waals surface area contributed by atoms with Crippen molar-refractivity contribution in [3.63, 3.8) is 0 Å². The quantitative estimate of drug-likeness (QED) is 0.749. The number of hydrogen-bond donors (Lipinski definition) is 2. The number of rotatable bonds is 2. The number of phenolic OH excluding ortho intramolecular Hbond substituents is 1. The Kier molecular flexibility index (Phi) is 3.22. The van der Waals surface area contributed by atoms with Crippen molar-refractivity contribution >= 4 is 20.7 Å². The molecule has 0 radical (unpaired) electrons. The molecule has 0 fully saturated rings. The van der Waals surface area contributed by atoms with Crippen LogP contribution in [0.5, 0.6) is 5.75 Å². The zero-order chi connectivity index (χ0) is 15.9. The largest absolute Gasteiger partial charge is 0.506 e. The van der Waals surface area contributed by atoms with Crippen LogP contribution in [0.25, 0.3) is 22.0 Å². The number of aromatic nitrogens is 2. The lowest BCUT2D eigenvalue weighted by Gasteiger charge is -2.07. The van der Waals surface area contributed by atoms with Crippen LogP contribution in [0, 0.1) is 0 Å². The molecule has 0 aliphatic heterocycles. The lowest BCUT2D eigenvalue weighted by molar-refractivity contribution is 0.480. The predicted molar refractivity (Wildman–Crippen MR) is 82.6 cm³/mol. The molecule has 112 valence electrons. The first kappa shape index (κ1) is 14.3. The van der Waals surface area contributed by atoms with Gasteiger partial charge in [0.15, 0.2) is 9.84 Å². The van der Waals surface area contributed by atoms with Gasteiger partial charge < -0.3 is 10.1 Å². The molecular weight excluding hydrogens is 304 g/mol. The zero-order valence-electron chi connectivity index (χ0n) is 11.6. The molecule has 3 rings (SSSR count). The van der Waals surface area contributed by atoms with E-state index >= 15 is 0 Å². The van der Waals surface area contributed by atoms with Crippen LogP contribution in [0.3, 0.4) is 0 Å². The molecule has 2 aromatic carbocycles. The van der Waals surface area contributed by atoms with Gasteiger partial charge in [-0.25, -0.2) is 13.4 Å². The molecule has 0 spiro atoms. The summed E-state index contributed by atoms with van der Waals surface area (Å²) in [4.78, 5) is 18.4. The van der Waals surface area contributed by atoms with Crippen molar-refractivity contribution in [3.8, 4) is 16.9 Å². The van der Waals surface area contributed by atoms with E-state index in [4.69, 9.17) is 0 Å². The summed E-state index contributed by atoms with van der Waals surface area (Å²) in [6.45, 7) is 0. The van der Waals surface area contributed by atoms with Crippen LogP contribution in [0.2, 0.25) is 0 Å². The maximum absolute atomic E-state index is 11.8. The molecular formula is C15H12N2O4S. The Balaban J connectivity index is 2.28. The van der Waals surface area contributed by atoms with Crippen molar-refractivity contribution in [2.24, 2.45) is 0 Å². The van der Waals surface area contributed by atoms with Crippen LogP contribution < -0.4 is 5.56 Å². The first-order valence-electron chi connectivity index (χ1n) is 6.37. The minimum absolute atomic E-state index is 0.136. The van der Waals surface area contributed by atoms with Crippen LogP contribution in [0.1, 0.15) is 0 Å². The van der Waals surface area contributed by atoms with E-state index in [1.165, 1.54) is 24.5 Å². The van der Waals surface area contributed by atoms with Crippen molar-refractivity contribution in [1.29, 1.82) is 0 Å². The smallest absolute Gasteiger partial charge is 0.258 e. The monoisotopic (exact) mass is 316 g/mol. The molecule has 22 heavy (non-hydrogen) atoms. The number of H-pyrrole nitrogens is 1. The van der Waals surface area contributed by atoms with Crippen LogP contribution in [0.4, 0.5) is 0 Å². The van der Waals surface area contributed by atoms with E-state index in [1.54, 1.807) is 18.2 Å². The molecule has 3 aromatic rings. The molecule has 0 bridgehead atoms. The summed E-state index contributed by atoms with van der Waals surface area (Å²) in [5.74, 6) is -0.136. The van der Waals surface area contributed by atoms with E-state index in [0.717, 1.165) is 6.26 Å². The highest BCUT2D eigenvalue weighted by atomic mass is 32.2. The second-order valence-electron chi connectivity index (χ2n) is 4.92. The SMILES string of the molecule is CS(=O)(=O)c1cccc(-c2cc(O)c3nc[nH]c(=O)c3c2)c1. The summed E-state index contributed by atoms with van der Waals surface area (Å²) in [5.41, 5.74) is 0.950. The molecule has 1 heterocycles. The summed E-state index contributed by atoms with van der Waals surface area (Å²) in [6.07, 6.45) is 2.34. The Hall–Kier alpha value is -2.67. The number of aromatic hydroxyl groups is 1. The minimum Gasteiger partial charge on any atom is -0.506 e. The molecule has 0 aliphatic carbocycles. The summed E-state index contributed by atoms with van der Waals surface area (Å²) in [7, 11) is -3.34. The van der Waals surface area contributed by atoms with Gasteiger partial charge in [-0.2, -0.15) is 0 Å². The average Bonchev–Trinajstić information content (AvgIpc) is 2.47. The lowest BCUT2D eigenvalue weighted by atomic mass is 10.0. The summed E-state index contributed by atoms with van der Waals surface area (Å²) >= 11 is 0. The Morgan fingerprint density at radius 1 is 1.14 bits per heavy atom. The highest BCUT2D eigenvalue weighted by molar-refractivity contribution is 7.90. The van der Waals surface area contributed by atoms with Gasteiger partial charge in [-0.1, -0.05) is 12.1 Å². The van der Waals surface area contributed by atoms with Crippen LogP contribution in [-0.2, 0) is 9.84 Å². The average molecular weight is 316 g/mol. The summed E-state index contributed by atoms with van der Waals surface area (Å²) in [6, 6.07) is 9.34. The number of aromatic amines is 1. The van der Waals surface area contributed by atoms with E-state index in [1.807, 2.05) is 0 Å². The van der Waals surface area contributed by atoms with Crippen molar-refractivity contribution in [1.82, 2.24) is 9.97 Å². The van der Waals surface area contributed by atoms with E-state index in [9.17, 15) is 18.3 Å². The maximum Gasteiger partial charge on any atom is 0.258 e. The molecule has 7 heteroatoms. The molecule has 2 N–H and O–H groups in total. The standard InChI is InChI=1S/C15H12N2O4S/c1-22(20,21)11-4-2-3-9(5-11)10-6-12-14(13(18)7-10)16-8-17-15(12)19/h2-8,18H,1H3,(H,16,17,19). The van der Waals surface area contributed by atoms with E-state index in [2.05, 4.69) is 9.97 Å². The van der Waals surface area contributed by atoms with E-state index < -0.39 is 9.84 Å². The first-order chi connectivity index (χ1) is 10.4. The first-order valence-corrected chi connectivity index (χ1v) is 8.26. The normalized spacial score (nSPS) is 11.7. The van der Waals surface area contributed by atoms with Crippen molar-refractivity contribution < 1.29 is 13.5 Å². The summed E-state index contributed by atoms with van der Waals surface area (Å²) < 4.78 is 23.3. The maximum atomic E-state index is 11.8. The second kappa shape index (κ2) is 4.96. The zero-order valence-corrected chi connectivity index (χ0v) is 12.4. The number of hydrogen-bond acceptors (Lipinski definition) is 5. The molecule has 0 saturated carbocycles. The Labute approximate surface area is 126 Å². The van der Waals surface area contributed by atoms with Crippen molar-refractivity contribution in [2.45, 2.75) is 4.90 Å². The Morgan fingerprint density at radius 3 is 2.64 bits per heavy atom. The third-order valence-corrected chi connectivity index (χ3v) is 4.43. The fraction of sp³-hybridized carbons (Fsp3) is 0.0667. The van der Waals surface area contributed by atoms with Gasteiger partial charge in [0.05, 0.1) is 16.6 Å². The van der Waals surface area contributed by atoms with Crippen LogP contribution >= 0.6 is 0 Å². The Morgan fingerprint density at radius 2 is 1.91 bits per heavy atom. The number of sulfone groups is 1. The van der Waals surface area contributed by atoms with Gasteiger partial charge in [0.2, 0.25) is 0 Å². The molecule has 0 aliphatic rings. The predicted octanol–water partition coefficient (Wildman–Crippen LogP) is 1.70. The van der Waals surface area contributed by atoms with Crippen LogP contribution in [0.15, 0.2) is 52.4 Å². The van der Waals surface area contributed by atoms with Crippen molar-refractivity contribution in [3.05, 3.63) is 53.1 Å². The van der Waals surface area contributed by atoms with Gasteiger partial charge in [0.1, 0.15) is 11.3 Å². The molecule has 0 amide bonds. The molecule has 0 saturated heterocycles. The van der Waals surface area contributed by atoms with Gasteiger partial charge in [-0.15, -0.1) is 0 Å². The molecule has 6 nitrogen and oxygen atoms in total. The molecule has 0 unspecified atom stereocenters. The number of fused-ring (bicyclic) bond motifs is 1. The number of nitrogens with zero attached hydrogens (tertiary/aromatic N) is 1. The van der Waals surface area contributed by atoms with Crippen LogP contribution in [-0.4, -0.2) is 29.7 Å². The van der Waals surface area contributed by atoms with Gasteiger partial charge >= 0.3 is 0 Å². The number of nitrogens with one attached hydrogen (secondary N) is 1. The fourth-order valence-electron chi connectivity index (χ4n) is 2.23. The van der Waals surface area contributed by atoms with Gasteiger partial charge in [0.25, 0.3) is 5.56 Å². The second-order valence-corrected chi connectivity index (χ2v) is 6.94. The fourth-order valence-corrected chi connectivity index (χ4v) is 2.90. The molecule has 1 aromatic heterocycles. The number of phenols is 1. The Bertz CT molecular complexity index is 1040. The topological polar surface area (TPSA) is 100 Å².